The van der Waals surface area contributed by atoms with Gasteiger partial charge < -0.3 is 4.74 Å². The molecular formula is C13H18N2O2. The van der Waals surface area contributed by atoms with Gasteiger partial charge in [-0.1, -0.05) is 24.3 Å². The predicted molar refractivity (Wildman–Crippen MR) is 64.9 cm³/mol. The summed E-state index contributed by atoms with van der Waals surface area (Å²) < 4.78 is 5.71. The summed E-state index contributed by atoms with van der Waals surface area (Å²) in [5.41, 5.74) is 4.23. The second-order valence-electron chi connectivity index (χ2n) is 4.42. The lowest BCUT2D eigenvalue weighted by atomic mass is 9.96. The molecule has 1 aliphatic carbocycles. The van der Waals surface area contributed by atoms with E-state index in [1.807, 2.05) is 24.3 Å². The third-order valence-electron chi connectivity index (χ3n) is 3.09. The van der Waals surface area contributed by atoms with E-state index in [9.17, 15) is 4.79 Å². The minimum atomic E-state index is -0.177. The first-order valence-electron chi connectivity index (χ1n) is 5.97. The maximum atomic E-state index is 11.1. The number of hydrogen-bond donors (Lipinski definition) is 2. The van der Waals surface area contributed by atoms with Crippen molar-refractivity contribution in [2.45, 2.75) is 38.4 Å². The molecule has 0 atom stereocenters. The first-order valence-corrected chi connectivity index (χ1v) is 5.97. The van der Waals surface area contributed by atoms with E-state index in [-0.39, 0.29) is 5.91 Å². The van der Waals surface area contributed by atoms with E-state index >= 15 is 0 Å². The standard InChI is InChI=1S/C13H18N2O2/c14-15-13(16)8-10-4-6-11(7-5-10)9-17-12-2-1-3-12/h4-7,12H,1-3,8-9,14H2,(H,15,16). The number of amides is 1. The molecule has 0 bridgehead atoms. The highest BCUT2D eigenvalue weighted by atomic mass is 16.5. The van der Waals surface area contributed by atoms with Gasteiger partial charge in [-0.05, 0) is 30.4 Å². The molecule has 2 rings (SSSR count). The van der Waals surface area contributed by atoms with Gasteiger partial charge in [0.25, 0.3) is 0 Å². The monoisotopic (exact) mass is 234 g/mol. The molecular weight excluding hydrogens is 216 g/mol. The van der Waals surface area contributed by atoms with E-state index in [0.29, 0.717) is 19.1 Å². The van der Waals surface area contributed by atoms with E-state index in [1.54, 1.807) is 0 Å². The van der Waals surface area contributed by atoms with Gasteiger partial charge in [-0.15, -0.1) is 0 Å². The van der Waals surface area contributed by atoms with E-state index < -0.39 is 0 Å². The summed E-state index contributed by atoms with van der Waals surface area (Å²) in [5.74, 6) is 4.86. The number of hydrazine groups is 1. The molecule has 4 heteroatoms. The number of carbonyl (C=O) groups is 1. The van der Waals surface area contributed by atoms with Crippen LogP contribution in [0, 0.1) is 0 Å². The second-order valence-corrected chi connectivity index (χ2v) is 4.42. The Bertz CT molecular complexity index is 372. The van der Waals surface area contributed by atoms with Gasteiger partial charge >= 0.3 is 0 Å². The van der Waals surface area contributed by atoms with Gasteiger partial charge in [0.05, 0.1) is 19.1 Å². The summed E-state index contributed by atoms with van der Waals surface area (Å²) in [6, 6.07) is 7.87. The molecule has 1 aromatic carbocycles. The number of rotatable bonds is 5. The Kier molecular flexibility index (Phi) is 4.12. The summed E-state index contributed by atoms with van der Waals surface area (Å²) in [6.45, 7) is 0.661. The number of hydrogen-bond acceptors (Lipinski definition) is 3. The molecule has 0 aromatic heterocycles. The van der Waals surface area contributed by atoms with Crippen molar-refractivity contribution < 1.29 is 9.53 Å². The SMILES string of the molecule is NNC(=O)Cc1ccc(COC2CCC2)cc1. The summed E-state index contributed by atoms with van der Waals surface area (Å²) >= 11 is 0. The quantitative estimate of drug-likeness (QED) is 0.458. The van der Waals surface area contributed by atoms with Crippen molar-refractivity contribution in [2.24, 2.45) is 5.84 Å². The average molecular weight is 234 g/mol. The molecule has 1 amide bonds. The third-order valence-corrected chi connectivity index (χ3v) is 3.09. The second kappa shape index (κ2) is 5.80. The van der Waals surface area contributed by atoms with Crippen molar-refractivity contribution in [3.8, 4) is 0 Å². The van der Waals surface area contributed by atoms with Gasteiger partial charge in [0, 0.05) is 0 Å². The van der Waals surface area contributed by atoms with Crippen LogP contribution in [0.15, 0.2) is 24.3 Å². The van der Waals surface area contributed by atoms with E-state index in [2.05, 4.69) is 5.43 Å². The number of nitrogens with two attached hydrogens (primary N) is 1. The number of benzene rings is 1. The molecule has 1 aliphatic rings. The van der Waals surface area contributed by atoms with Crippen LogP contribution in [0.3, 0.4) is 0 Å². The van der Waals surface area contributed by atoms with Crippen molar-refractivity contribution >= 4 is 5.91 Å². The molecule has 0 saturated heterocycles. The molecule has 0 heterocycles. The van der Waals surface area contributed by atoms with Crippen molar-refractivity contribution in [3.05, 3.63) is 35.4 Å². The molecule has 17 heavy (non-hydrogen) atoms. The maximum Gasteiger partial charge on any atom is 0.238 e. The molecule has 3 N–H and O–H groups in total. The van der Waals surface area contributed by atoms with Crippen LogP contribution >= 0.6 is 0 Å². The third kappa shape index (κ3) is 3.54. The average Bonchev–Trinajstić information content (AvgIpc) is 2.29. The Balaban J connectivity index is 1.81. The number of ether oxygens (including phenoxy) is 1. The molecule has 4 nitrogen and oxygen atoms in total. The molecule has 0 aliphatic heterocycles. The Morgan fingerprint density at radius 2 is 1.94 bits per heavy atom. The van der Waals surface area contributed by atoms with Gasteiger partial charge in [-0.2, -0.15) is 0 Å². The summed E-state index contributed by atoms with van der Waals surface area (Å²) in [7, 11) is 0. The topological polar surface area (TPSA) is 64.3 Å². The Morgan fingerprint density at radius 3 is 2.47 bits per heavy atom. The van der Waals surface area contributed by atoms with E-state index in [0.717, 1.165) is 11.1 Å². The zero-order chi connectivity index (χ0) is 12.1. The predicted octanol–water partition coefficient (Wildman–Crippen LogP) is 1.29. The molecule has 0 unspecified atom stereocenters. The van der Waals surface area contributed by atoms with Crippen molar-refractivity contribution in [1.29, 1.82) is 0 Å². The van der Waals surface area contributed by atoms with Gasteiger partial charge in [0.15, 0.2) is 0 Å². The maximum absolute atomic E-state index is 11.1. The van der Waals surface area contributed by atoms with Crippen LogP contribution in [0.25, 0.3) is 0 Å². The molecule has 0 spiro atoms. The minimum Gasteiger partial charge on any atom is -0.374 e. The number of carbonyl (C=O) groups excluding carboxylic acids is 1. The van der Waals surface area contributed by atoms with Crippen LogP contribution in [0.4, 0.5) is 0 Å². The highest BCUT2D eigenvalue weighted by Crippen LogP contribution is 2.23. The van der Waals surface area contributed by atoms with Gasteiger partial charge in [-0.3, -0.25) is 10.2 Å². The summed E-state index contributed by atoms with van der Waals surface area (Å²) in [4.78, 5) is 11.1. The van der Waals surface area contributed by atoms with Gasteiger partial charge in [0.1, 0.15) is 0 Å². The zero-order valence-corrected chi connectivity index (χ0v) is 9.82. The van der Waals surface area contributed by atoms with Crippen LogP contribution in [0.5, 0.6) is 0 Å². The largest absolute Gasteiger partial charge is 0.374 e. The Hall–Kier alpha value is -1.39. The lowest BCUT2D eigenvalue weighted by molar-refractivity contribution is -0.120. The van der Waals surface area contributed by atoms with Crippen LogP contribution in [0.1, 0.15) is 30.4 Å². The van der Waals surface area contributed by atoms with Gasteiger partial charge in [-0.25, -0.2) is 5.84 Å². The Labute approximate surface area is 101 Å². The summed E-state index contributed by atoms with van der Waals surface area (Å²) in [5, 5.41) is 0. The first-order chi connectivity index (χ1) is 8.28. The minimum absolute atomic E-state index is 0.177. The van der Waals surface area contributed by atoms with E-state index in [4.69, 9.17) is 10.6 Å². The van der Waals surface area contributed by atoms with E-state index in [1.165, 1.54) is 19.3 Å². The molecule has 0 radical (unpaired) electrons. The summed E-state index contributed by atoms with van der Waals surface area (Å²) in [6.07, 6.45) is 4.44. The molecule has 1 aromatic rings. The molecule has 1 saturated carbocycles. The fourth-order valence-corrected chi connectivity index (χ4v) is 1.74. The van der Waals surface area contributed by atoms with Gasteiger partial charge in [0.2, 0.25) is 5.91 Å². The van der Waals surface area contributed by atoms with Crippen molar-refractivity contribution in [2.75, 3.05) is 0 Å². The van der Waals surface area contributed by atoms with Crippen LogP contribution in [-0.2, 0) is 22.6 Å². The highest BCUT2D eigenvalue weighted by molar-refractivity contribution is 5.77. The van der Waals surface area contributed by atoms with Crippen molar-refractivity contribution in [1.82, 2.24) is 5.43 Å². The van der Waals surface area contributed by atoms with Crippen molar-refractivity contribution in [3.63, 3.8) is 0 Å². The highest BCUT2D eigenvalue weighted by Gasteiger charge is 2.17. The Morgan fingerprint density at radius 1 is 1.29 bits per heavy atom. The molecule has 92 valence electrons. The first kappa shape index (κ1) is 12.1. The molecule has 1 fully saturated rings. The lowest BCUT2D eigenvalue weighted by Crippen LogP contribution is -2.31. The van der Waals surface area contributed by atoms with Crippen LogP contribution < -0.4 is 11.3 Å². The smallest absolute Gasteiger partial charge is 0.238 e. The normalized spacial score (nSPS) is 15.4. The van der Waals surface area contributed by atoms with Crippen LogP contribution in [0.2, 0.25) is 0 Å². The lowest BCUT2D eigenvalue weighted by Gasteiger charge is -2.25. The number of nitrogens with one attached hydrogen (secondary N) is 1. The fraction of sp³-hybridized carbons (Fsp3) is 0.462. The fourth-order valence-electron chi connectivity index (χ4n) is 1.74. The zero-order valence-electron chi connectivity index (χ0n) is 9.82. The van der Waals surface area contributed by atoms with Crippen LogP contribution in [-0.4, -0.2) is 12.0 Å².